The minimum absolute atomic E-state index is 0.109. The topological polar surface area (TPSA) is 75.8 Å². The quantitative estimate of drug-likeness (QED) is 0.748. The molecule has 2 aliphatic rings. The molecule has 2 rings (SSSR count). The van der Waals surface area contributed by atoms with Crippen LogP contribution in [0.3, 0.4) is 0 Å². The number of halogens is 3. The Labute approximate surface area is 108 Å². The molecule has 0 spiro atoms. The summed E-state index contributed by atoms with van der Waals surface area (Å²) in [6.45, 7) is -0.541. The lowest BCUT2D eigenvalue weighted by atomic mass is 10.0. The molecular formula is C11H17F3N2O3. The number of amides is 1. The molecule has 2 aliphatic heterocycles. The van der Waals surface area contributed by atoms with Gasteiger partial charge < -0.3 is 20.5 Å². The molecule has 0 aromatic heterocycles. The van der Waals surface area contributed by atoms with Gasteiger partial charge in [-0.1, -0.05) is 0 Å². The van der Waals surface area contributed by atoms with Gasteiger partial charge in [-0.25, -0.2) is 0 Å². The zero-order chi connectivity index (χ0) is 14.3. The van der Waals surface area contributed by atoms with Crippen LogP contribution in [0.5, 0.6) is 0 Å². The second-order valence-electron chi connectivity index (χ2n) is 5.10. The third-order valence-electron chi connectivity index (χ3n) is 3.73. The van der Waals surface area contributed by atoms with Crippen molar-refractivity contribution in [3.8, 4) is 0 Å². The van der Waals surface area contributed by atoms with Gasteiger partial charge in [0, 0.05) is 19.5 Å². The molecule has 5 nitrogen and oxygen atoms in total. The Morgan fingerprint density at radius 3 is 2.63 bits per heavy atom. The average Bonchev–Trinajstić information content (AvgIpc) is 2.94. The van der Waals surface area contributed by atoms with Crippen molar-refractivity contribution in [3.05, 3.63) is 0 Å². The van der Waals surface area contributed by atoms with Gasteiger partial charge >= 0.3 is 6.18 Å². The van der Waals surface area contributed by atoms with E-state index in [1.54, 1.807) is 0 Å². The molecule has 3 N–H and O–H groups in total. The van der Waals surface area contributed by atoms with Gasteiger partial charge in [0.15, 0.2) is 5.60 Å². The summed E-state index contributed by atoms with van der Waals surface area (Å²) in [5.74, 6) is -0.490. The van der Waals surface area contributed by atoms with Crippen LogP contribution in [0.15, 0.2) is 0 Å². The first-order chi connectivity index (χ1) is 8.77. The van der Waals surface area contributed by atoms with Gasteiger partial charge in [-0.2, -0.15) is 13.2 Å². The van der Waals surface area contributed by atoms with Crippen LogP contribution >= 0.6 is 0 Å². The van der Waals surface area contributed by atoms with E-state index < -0.39 is 36.8 Å². The maximum Gasteiger partial charge on any atom is 0.419 e. The fourth-order valence-corrected chi connectivity index (χ4v) is 2.48. The number of alkyl halides is 3. The summed E-state index contributed by atoms with van der Waals surface area (Å²) in [4.78, 5) is 13.0. The second kappa shape index (κ2) is 4.92. The zero-order valence-electron chi connectivity index (χ0n) is 10.3. The predicted octanol–water partition coefficient (Wildman–Crippen LogP) is 0.0184. The van der Waals surface area contributed by atoms with E-state index in [4.69, 9.17) is 10.5 Å². The first-order valence-corrected chi connectivity index (χ1v) is 6.20. The molecule has 0 aromatic carbocycles. The van der Waals surface area contributed by atoms with Gasteiger partial charge in [0.1, 0.15) is 6.10 Å². The van der Waals surface area contributed by atoms with Gasteiger partial charge in [-0.3, -0.25) is 4.79 Å². The summed E-state index contributed by atoms with van der Waals surface area (Å²) in [6.07, 6.45) is -5.07. The van der Waals surface area contributed by atoms with Crippen LogP contribution in [0.4, 0.5) is 13.2 Å². The van der Waals surface area contributed by atoms with E-state index in [0.717, 1.165) is 4.90 Å². The number of carbonyl (C=O) groups excluding carboxylic acids is 1. The molecule has 0 bridgehead atoms. The minimum atomic E-state index is -4.72. The molecule has 2 saturated heterocycles. The molecular weight excluding hydrogens is 265 g/mol. The lowest BCUT2D eigenvalue weighted by Gasteiger charge is -2.26. The lowest BCUT2D eigenvalue weighted by Crippen LogP contribution is -2.49. The first kappa shape index (κ1) is 14.5. The molecule has 0 saturated carbocycles. The standard InChI is InChI=1S/C11H17F3N2O3/c12-11(13,14)10(18)3-4-16(6-10)9(17)8-2-1-7(5-15)19-8/h7-8,18H,1-6,15H2/t7-,8+,10?/m1/s1. The van der Waals surface area contributed by atoms with E-state index in [2.05, 4.69) is 0 Å². The summed E-state index contributed by atoms with van der Waals surface area (Å²) >= 11 is 0. The van der Waals surface area contributed by atoms with Crippen LogP contribution in [-0.2, 0) is 9.53 Å². The Kier molecular flexibility index (Phi) is 3.76. The van der Waals surface area contributed by atoms with Gasteiger partial charge in [-0.05, 0) is 12.8 Å². The smallest absolute Gasteiger partial charge is 0.379 e. The normalized spacial score (nSPS) is 35.9. The van der Waals surface area contributed by atoms with Crippen LogP contribution in [0.1, 0.15) is 19.3 Å². The minimum Gasteiger partial charge on any atom is -0.379 e. The Morgan fingerprint density at radius 1 is 1.47 bits per heavy atom. The Bertz CT molecular complexity index is 364. The fourth-order valence-electron chi connectivity index (χ4n) is 2.48. The van der Waals surface area contributed by atoms with Crippen LogP contribution < -0.4 is 5.73 Å². The van der Waals surface area contributed by atoms with Crippen LogP contribution in [-0.4, -0.2) is 59.5 Å². The number of nitrogens with zero attached hydrogens (tertiary/aromatic N) is 1. The number of nitrogens with two attached hydrogens (primary N) is 1. The highest BCUT2D eigenvalue weighted by molar-refractivity contribution is 5.81. The van der Waals surface area contributed by atoms with Crippen molar-refractivity contribution in [1.29, 1.82) is 0 Å². The van der Waals surface area contributed by atoms with Crippen molar-refractivity contribution in [2.24, 2.45) is 5.73 Å². The van der Waals surface area contributed by atoms with Gasteiger partial charge in [-0.15, -0.1) is 0 Å². The Balaban J connectivity index is 1.96. The largest absolute Gasteiger partial charge is 0.419 e. The Hall–Kier alpha value is -0.860. The summed E-state index contributed by atoms with van der Waals surface area (Å²) in [6, 6.07) is 0. The highest BCUT2D eigenvalue weighted by Gasteiger charge is 2.58. The number of hydrogen-bond donors (Lipinski definition) is 2. The summed E-state index contributed by atoms with van der Waals surface area (Å²) in [5.41, 5.74) is 2.61. The highest BCUT2D eigenvalue weighted by atomic mass is 19.4. The maximum atomic E-state index is 12.6. The van der Waals surface area contributed by atoms with Crippen molar-refractivity contribution in [2.75, 3.05) is 19.6 Å². The summed E-state index contributed by atoms with van der Waals surface area (Å²) in [5, 5.41) is 9.51. The second-order valence-corrected chi connectivity index (χ2v) is 5.10. The SMILES string of the molecule is NC[C@H]1CC[C@@H](C(=O)N2CCC(O)(C(F)(F)F)C2)O1. The molecule has 1 amide bonds. The van der Waals surface area contributed by atoms with Crippen molar-refractivity contribution < 1.29 is 27.8 Å². The molecule has 1 unspecified atom stereocenters. The van der Waals surface area contributed by atoms with E-state index in [0.29, 0.717) is 12.8 Å². The predicted molar refractivity (Wildman–Crippen MR) is 59.2 cm³/mol. The number of hydrogen-bond acceptors (Lipinski definition) is 4. The summed E-state index contributed by atoms with van der Waals surface area (Å²) < 4.78 is 43.3. The van der Waals surface area contributed by atoms with E-state index in [-0.39, 0.29) is 19.2 Å². The van der Waals surface area contributed by atoms with Crippen molar-refractivity contribution in [1.82, 2.24) is 4.90 Å². The number of aliphatic hydroxyl groups is 1. The molecule has 8 heteroatoms. The van der Waals surface area contributed by atoms with Crippen LogP contribution in [0.2, 0.25) is 0 Å². The first-order valence-electron chi connectivity index (χ1n) is 6.20. The van der Waals surface area contributed by atoms with Crippen LogP contribution in [0.25, 0.3) is 0 Å². The molecule has 2 heterocycles. The monoisotopic (exact) mass is 282 g/mol. The molecule has 110 valence electrons. The number of β-amino-alcohol motifs (C(OH)–C–C–N with tert-alkyl or cyclic N) is 1. The number of ether oxygens (including phenoxy) is 1. The zero-order valence-corrected chi connectivity index (χ0v) is 10.3. The number of carbonyl (C=O) groups is 1. The van der Waals surface area contributed by atoms with Crippen molar-refractivity contribution in [3.63, 3.8) is 0 Å². The maximum absolute atomic E-state index is 12.6. The van der Waals surface area contributed by atoms with E-state index in [9.17, 15) is 23.1 Å². The highest BCUT2D eigenvalue weighted by Crippen LogP contribution is 2.38. The third kappa shape index (κ3) is 2.70. The van der Waals surface area contributed by atoms with E-state index in [1.807, 2.05) is 0 Å². The average molecular weight is 282 g/mol. The van der Waals surface area contributed by atoms with E-state index >= 15 is 0 Å². The Morgan fingerprint density at radius 2 is 2.16 bits per heavy atom. The van der Waals surface area contributed by atoms with Gasteiger partial charge in [0.2, 0.25) is 0 Å². The van der Waals surface area contributed by atoms with Crippen molar-refractivity contribution >= 4 is 5.91 Å². The van der Waals surface area contributed by atoms with Crippen molar-refractivity contribution in [2.45, 2.75) is 43.2 Å². The van der Waals surface area contributed by atoms with Gasteiger partial charge in [0.05, 0.1) is 12.6 Å². The third-order valence-corrected chi connectivity index (χ3v) is 3.73. The van der Waals surface area contributed by atoms with Crippen LogP contribution in [0, 0.1) is 0 Å². The molecule has 3 atom stereocenters. The lowest BCUT2D eigenvalue weighted by molar-refractivity contribution is -0.253. The molecule has 0 radical (unpaired) electrons. The summed E-state index contributed by atoms with van der Waals surface area (Å²) in [7, 11) is 0. The number of rotatable bonds is 2. The fraction of sp³-hybridized carbons (Fsp3) is 0.909. The molecule has 19 heavy (non-hydrogen) atoms. The van der Waals surface area contributed by atoms with E-state index in [1.165, 1.54) is 0 Å². The molecule has 0 aliphatic carbocycles. The molecule has 0 aromatic rings. The molecule has 2 fully saturated rings. The number of likely N-dealkylation sites (tertiary alicyclic amines) is 1. The van der Waals surface area contributed by atoms with Gasteiger partial charge in [0.25, 0.3) is 5.91 Å².